The van der Waals surface area contributed by atoms with Crippen molar-refractivity contribution >= 4 is 17.6 Å². The van der Waals surface area contributed by atoms with Crippen molar-refractivity contribution in [3.05, 3.63) is 23.8 Å². The first-order chi connectivity index (χ1) is 11.5. The first-order valence-electron chi connectivity index (χ1n) is 8.89. The molecule has 1 aromatic carbocycles. The largest absolute Gasteiger partial charge is 0.423 e. The van der Waals surface area contributed by atoms with Crippen molar-refractivity contribution < 1.29 is 14.3 Å². The van der Waals surface area contributed by atoms with Gasteiger partial charge in [0.2, 0.25) is 5.91 Å². The van der Waals surface area contributed by atoms with Gasteiger partial charge in [-0.05, 0) is 37.5 Å². The third-order valence-corrected chi connectivity index (χ3v) is 4.35. The van der Waals surface area contributed by atoms with Crippen LogP contribution in [0.25, 0.3) is 0 Å². The van der Waals surface area contributed by atoms with Crippen LogP contribution in [0.5, 0.6) is 5.75 Å². The van der Waals surface area contributed by atoms with Crippen LogP contribution >= 0.6 is 0 Å². The van der Waals surface area contributed by atoms with Crippen LogP contribution in [0, 0.1) is 6.92 Å². The van der Waals surface area contributed by atoms with Crippen molar-refractivity contribution in [3.8, 4) is 5.75 Å². The number of carbonyl (C=O) groups is 2. The molecule has 1 aromatic rings. The molecule has 0 aliphatic carbocycles. The smallest absolute Gasteiger partial charge is 0.331 e. The molecule has 2 rings (SSSR count). The summed E-state index contributed by atoms with van der Waals surface area (Å²) in [6.45, 7) is 6.53. The van der Waals surface area contributed by atoms with E-state index in [4.69, 9.17) is 4.74 Å². The number of fused-ring (bicyclic) bond motifs is 1. The Balaban J connectivity index is 1.98. The fraction of sp³-hybridized carbons (Fsp3) is 0.579. The average molecular weight is 332 g/mol. The summed E-state index contributed by atoms with van der Waals surface area (Å²) >= 11 is 0. The molecular formula is C19H28N2O3. The number of nitrogens with zero attached hydrogens (tertiary/aromatic N) is 1. The molecule has 1 unspecified atom stereocenters. The predicted octanol–water partition coefficient (Wildman–Crippen LogP) is 3.20. The maximum absolute atomic E-state index is 12.4. The molecule has 1 heterocycles. The summed E-state index contributed by atoms with van der Waals surface area (Å²) in [5.41, 5.74) is 1.88. The highest BCUT2D eigenvalue weighted by atomic mass is 16.5. The van der Waals surface area contributed by atoms with Crippen LogP contribution in [-0.4, -0.2) is 31.0 Å². The number of hydrogen-bond acceptors (Lipinski definition) is 4. The zero-order valence-electron chi connectivity index (χ0n) is 14.9. The van der Waals surface area contributed by atoms with Gasteiger partial charge >= 0.3 is 5.97 Å². The van der Waals surface area contributed by atoms with Gasteiger partial charge in [0.25, 0.3) is 0 Å². The van der Waals surface area contributed by atoms with Gasteiger partial charge in [-0.2, -0.15) is 0 Å². The van der Waals surface area contributed by atoms with Gasteiger partial charge in [0.1, 0.15) is 6.54 Å². The van der Waals surface area contributed by atoms with E-state index in [1.54, 1.807) is 11.0 Å². The minimum Gasteiger partial charge on any atom is -0.423 e. The van der Waals surface area contributed by atoms with E-state index in [2.05, 4.69) is 19.2 Å². The average Bonchev–Trinajstić information content (AvgIpc) is 2.54. The lowest BCUT2D eigenvalue weighted by molar-refractivity contribution is -0.133. The summed E-state index contributed by atoms with van der Waals surface area (Å²) in [6, 6.07) is 5.84. The highest BCUT2D eigenvalue weighted by molar-refractivity contribution is 5.89. The molecule has 132 valence electrons. The minimum atomic E-state index is -0.325. The number of benzene rings is 1. The molecule has 1 N–H and O–H groups in total. The van der Waals surface area contributed by atoms with Gasteiger partial charge in [0.05, 0.1) is 12.2 Å². The molecule has 1 aliphatic rings. The van der Waals surface area contributed by atoms with Gasteiger partial charge in [0.15, 0.2) is 5.75 Å². The molecule has 5 nitrogen and oxygen atoms in total. The van der Waals surface area contributed by atoms with Crippen molar-refractivity contribution in [1.29, 1.82) is 0 Å². The second-order valence-electron chi connectivity index (χ2n) is 6.47. The van der Waals surface area contributed by atoms with Gasteiger partial charge in [-0.15, -0.1) is 0 Å². The number of unbranched alkanes of at least 4 members (excludes halogenated alkanes) is 2. The first-order valence-corrected chi connectivity index (χ1v) is 8.89. The Morgan fingerprint density at radius 2 is 2.12 bits per heavy atom. The van der Waals surface area contributed by atoms with E-state index in [1.807, 2.05) is 19.1 Å². The number of hydrogen-bond donors (Lipinski definition) is 1. The van der Waals surface area contributed by atoms with Crippen LogP contribution in [0.4, 0.5) is 5.69 Å². The van der Waals surface area contributed by atoms with E-state index < -0.39 is 0 Å². The second kappa shape index (κ2) is 8.71. The van der Waals surface area contributed by atoms with Gasteiger partial charge in [-0.1, -0.05) is 39.2 Å². The van der Waals surface area contributed by atoms with Crippen molar-refractivity contribution in [1.82, 2.24) is 5.32 Å². The molecule has 0 bridgehead atoms. The summed E-state index contributed by atoms with van der Waals surface area (Å²) < 4.78 is 5.25. The highest BCUT2D eigenvalue weighted by Gasteiger charge is 2.26. The zero-order valence-corrected chi connectivity index (χ0v) is 14.9. The first kappa shape index (κ1) is 18.3. The number of ether oxygens (including phenoxy) is 1. The lowest BCUT2D eigenvalue weighted by atomic mass is 10.1. The standard InChI is InChI=1S/C19H28N2O3/c1-4-6-7-8-15(5-2)20-18(22)12-21-13-19(23)24-17-10-9-14(3)11-16(17)21/h9-11,15H,4-8,12-13H2,1-3H3,(H,20,22). The molecule has 1 aliphatic heterocycles. The van der Waals surface area contributed by atoms with Crippen LogP contribution in [-0.2, 0) is 9.59 Å². The number of esters is 1. The van der Waals surface area contributed by atoms with Crippen LogP contribution in [0.2, 0.25) is 0 Å². The van der Waals surface area contributed by atoms with E-state index in [-0.39, 0.29) is 31.0 Å². The monoisotopic (exact) mass is 332 g/mol. The predicted molar refractivity (Wildman–Crippen MR) is 95.4 cm³/mol. The third kappa shape index (κ3) is 4.98. The highest BCUT2D eigenvalue weighted by Crippen LogP contribution is 2.32. The van der Waals surface area contributed by atoms with Crippen molar-refractivity contribution in [2.75, 3.05) is 18.0 Å². The summed E-state index contributed by atoms with van der Waals surface area (Å²) in [7, 11) is 0. The SMILES string of the molecule is CCCCCC(CC)NC(=O)CN1CC(=O)Oc2ccc(C)cc21. The van der Waals surface area contributed by atoms with Crippen LogP contribution in [0.3, 0.4) is 0 Å². The number of aryl methyl sites for hydroxylation is 1. The Bertz CT molecular complexity index is 586. The molecule has 0 radical (unpaired) electrons. The molecule has 24 heavy (non-hydrogen) atoms. The Labute approximate surface area is 144 Å². The molecule has 1 amide bonds. The van der Waals surface area contributed by atoms with Crippen molar-refractivity contribution in [2.45, 2.75) is 58.9 Å². The molecule has 0 fully saturated rings. The number of rotatable bonds is 8. The topological polar surface area (TPSA) is 58.6 Å². The third-order valence-electron chi connectivity index (χ3n) is 4.35. The second-order valence-corrected chi connectivity index (χ2v) is 6.47. The Morgan fingerprint density at radius 3 is 2.83 bits per heavy atom. The lowest BCUT2D eigenvalue weighted by Gasteiger charge is -2.30. The van der Waals surface area contributed by atoms with Crippen LogP contribution < -0.4 is 15.0 Å². The Kier molecular flexibility index (Phi) is 6.64. The lowest BCUT2D eigenvalue weighted by Crippen LogP contribution is -2.45. The summed E-state index contributed by atoms with van der Waals surface area (Å²) in [5.74, 6) is 0.161. The maximum atomic E-state index is 12.4. The molecule has 1 atom stereocenters. The van der Waals surface area contributed by atoms with Gasteiger partial charge in [-0.3, -0.25) is 4.79 Å². The zero-order chi connectivity index (χ0) is 17.5. The molecule has 0 aromatic heterocycles. The minimum absolute atomic E-state index is 0.0412. The summed E-state index contributed by atoms with van der Waals surface area (Å²) in [5, 5.41) is 3.10. The van der Waals surface area contributed by atoms with E-state index in [9.17, 15) is 9.59 Å². The summed E-state index contributed by atoms with van der Waals surface area (Å²) in [4.78, 5) is 26.0. The van der Waals surface area contributed by atoms with E-state index in [0.29, 0.717) is 5.75 Å². The molecular weight excluding hydrogens is 304 g/mol. The van der Waals surface area contributed by atoms with Crippen molar-refractivity contribution in [3.63, 3.8) is 0 Å². The number of amides is 1. The van der Waals surface area contributed by atoms with E-state index in [0.717, 1.165) is 30.5 Å². The molecule has 0 saturated heterocycles. The molecule has 5 heteroatoms. The number of nitrogens with one attached hydrogen (secondary N) is 1. The molecule has 0 saturated carbocycles. The number of anilines is 1. The summed E-state index contributed by atoms with van der Waals surface area (Å²) in [6.07, 6.45) is 5.43. The molecule has 0 spiro atoms. The quantitative estimate of drug-likeness (QED) is 0.451. The fourth-order valence-electron chi connectivity index (χ4n) is 2.96. The Hall–Kier alpha value is -2.04. The van der Waals surface area contributed by atoms with E-state index in [1.165, 1.54) is 12.8 Å². The van der Waals surface area contributed by atoms with E-state index >= 15 is 0 Å². The van der Waals surface area contributed by atoms with Gasteiger partial charge in [0, 0.05) is 6.04 Å². The fourth-order valence-corrected chi connectivity index (χ4v) is 2.96. The van der Waals surface area contributed by atoms with Gasteiger partial charge < -0.3 is 15.0 Å². The maximum Gasteiger partial charge on any atom is 0.331 e. The van der Waals surface area contributed by atoms with Crippen LogP contribution in [0.15, 0.2) is 18.2 Å². The normalized spacial score (nSPS) is 14.8. The Morgan fingerprint density at radius 1 is 1.33 bits per heavy atom. The van der Waals surface area contributed by atoms with Gasteiger partial charge in [-0.25, -0.2) is 4.79 Å². The van der Waals surface area contributed by atoms with Crippen LogP contribution in [0.1, 0.15) is 51.5 Å². The van der Waals surface area contributed by atoms with Crippen molar-refractivity contribution in [2.24, 2.45) is 0 Å². The number of carbonyl (C=O) groups excluding carboxylic acids is 2.